The minimum atomic E-state index is -0.0974. The van der Waals surface area contributed by atoms with Crippen LogP contribution in [-0.4, -0.2) is 5.91 Å². The standard InChI is InChI=1S/C16H18N2OS/c1-10-5-6-14(17)13(7-10)16(19)18-9-12-8-11-3-2-4-15(11)20-12/h5-8H,2-4,9,17H2,1H3,(H,18,19). The van der Waals surface area contributed by atoms with Crippen LogP contribution in [0, 0.1) is 6.92 Å². The molecular weight excluding hydrogens is 268 g/mol. The maximum absolute atomic E-state index is 12.2. The molecular formula is C16H18N2OS. The zero-order valence-corrected chi connectivity index (χ0v) is 12.3. The summed E-state index contributed by atoms with van der Waals surface area (Å²) in [5, 5.41) is 2.96. The molecule has 0 aliphatic heterocycles. The molecule has 1 amide bonds. The highest BCUT2D eigenvalue weighted by Gasteiger charge is 2.15. The van der Waals surface area contributed by atoms with Crippen molar-refractivity contribution in [2.75, 3.05) is 5.73 Å². The van der Waals surface area contributed by atoms with Gasteiger partial charge in [0.25, 0.3) is 5.91 Å². The molecule has 3 nitrogen and oxygen atoms in total. The molecule has 2 aromatic rings. The molecule has 0 fully saturated rings. The van der Waals surface area contributed by atoms with Gasteiger partial charge in [0.15, 0.2) is 0 Å². The van der Waals surface area contributed by atoms with E-state index in [0.717, 1.165) is 5.56 Å². The Hall–Kier alpha value is -1.81. The highest BCUT2D eigenvalue weighted by atomic mass is 32.1. The van der Waals surface area contributed by atoms with Gasteiger partial charge in [-0.1, -0.05) is 11.6 Å². The number of fused-ring (bicyclic) bond motifs is 1. The zero-order valence-electron chi connectivity index (χ0n) is 11.5. The van der Waals surface area contributed by atoms with E-state index in [1.165, 1.54) is 34.6 Å². The lowest BCUT2D eigenvalue weighted by Gasteiger charge is -2.07. The van der Waals surface area contributed by atoms with Crippen LogP contribution in [0.2, 0.25) is 0 Å². The van der Waals surface area contributed by atoms with Crippen molar-refractivity contribution < 1.29 is 4.79 Å². The number of hydrogen-bond acceptors (Lipinski definition) is 3. The Kier molecular flexibility index (Phi) is 3.49. The first-order chi connectivity index (χ1) is 9.63. The summed E-state index contributed by atoms with van der Waals surface area (Å²) in [6.07, 6.45) is 3.65. The molecule has 0 spiro atoms. The fourth-order valence-electron chi connectivity index (χ4n) is 2.61. The number of aryl methyl sites for hydroxylation is 3. The van der Waals surface area contributed by atoms with Crippen molar-refractivity contribution in [1.82, 2.24) is 5.32 Å². The van der Waals surface area contributed by atoms with Gasteiger partial charge in [-0.2, -0.15) is 0 Å². The lowest BCUT2D eigenvalue weighted by Crippen LogP contribution is -2.23. The van der Waals surface area contributed by atoms with Crippen LogP contribution in [-0.2, 0) is 19.4 Å². The summed E-state index contributed by atoms with van der Waals surface area (Å²) in [6.45, 7) is 2.55. The normalized spacial score (nSPS) is 13.2. The van der Waals surface area contributed by atoms with Crippen LogP contribution in [0.3, 0.4) is 0 Å². The summed E-state index contributed by atoms with van der Waals surface area (Å²) in [5.74, 6) is -0.0974. The lowest BCUT2D eigenvalue weighted by molar-refractivity contribution is 0.0952. The molecule has 1 aromatic heterocycles. The monoisotopic (exact) mass is 286 g/mol. The molecule has 0 saturated carbocycles. The summed E-state index contributed by atoms with van der Waals surface area (Å²) in [5.41, 5.74) is 9.46. The van der Waals surface area contributed by atoms with Crippen LogP contribution in [0.1, 0.15) is 37.7 Å². The fraction of sp³-hybridized carbons (Fsp3) is 0.312. The molecule has 0 radical (unpaired) electrons. The van der Waals surface area contributed by atoms with Crippen LogP contribution in [0.25, 0.3) is 0 Å². The molecule has 104 valence electrons. The van der Waals surface area contributed by atoms with Gasteiger partial charge in [0.05, 0.1) is 12.1 Å². The zero-order chi connectivity index (χ0) is 14.1. The summed E-state index contributed by atoms with van der Waals surface area (Å²) in [4.78, 5) is 14.9. The van der Waals surface area contributed by atoms with E-state index in [2.05, 4.69) is 11.4 Å². The van der Waals surface area contributed by atoms with E-state index >= 15 is 0 Å². The predicted octanol–water partition coefficient (Wildman–Crippen LogP) is 3.06. The average molecular weight is 286 g/mol. The molecule has 0 atom stereocenters. The van der Waals surface area contributed by atoms with Crippen LogP contribution < -0.4 is 11.1 Å². The van der Waals surface area contributed by atoms with Gasteiger partial charge < -0.3 is 11.1 Å². The van der Waals surface area contributed by atoms with Crippen molar-refractivity contribution in [3.63, 3.8) is 0 Å². The second-order valence-electron chi connectivity index (χ2n) is 5.29. The average Bonchev–Trinajstić information content (AvgIpc) is 2.99. The second kappa shape index (κ2) is 5.29. The van der Waals surface area contributed by atoms with E-state index in [-0.39, 0.29) is 5.91 Å². The van der Waals surface area contributed by atoms with Gasteiger partial charge in [0, 0.05) is 15.4 Å². The second-order valence-corrected chi connectivity index (χ2v) is 6.51. The largest absolute Gasteiger partial charge is 0.398 e. The molecule has 1 aliphatic carbocycles. The number of benzene rings is 1. The van der Waals surface area contributed by atoms with Crippen molar-refractivity contribution in [2.45, 2.75) is 32.7 Å². The molecule has 20 heavy (non-hydrogen) atoms. The SMILES string of the molecule is Cc1ccc(N)c(C(=O)NCc2cc3c(s2)CCC3)c1. The van der Waals surface area contributed by atoms with Gasteiger partial charge in [-0.25, -0.2) is 0 Å². The molecule has 1 aromatic carbocycles. The van der Waals surface area contributed by atoms with Gasteiger partial charge in [-0.3, -0.25) is 4.79 Å². The number of nitrogens with one attached hydrogen (secondary N) is 1. The maximum atomic E-state index is 12.2. The molecule has 0 saturated heterocycles. The highest BCUT2D eigenvalue weighted by molar-refractivity contribution is 7.12. The van der Waals surface area contributed by atoms with Crippen molar-refractivity contribution >= 4 is 22.9 Å². The summed E-state index contributed by atoms with van der Waals surface area (Å²) >= 11 is 1.82. The molecule has 1 aliphatic rings. The number of thiophene rings is 1. The Labute approximate surface area is 122 Å². The third-order valence-corrected chi connectivity index (χ3v) is 4.91. The Morgan fingerprint density at radius 2 is 2.20 bits per heavy atom. The van der Waals surface area contributed by atoms with E-state index in [1.807, 2.05) is 30.4 Å². The first-order valence-electron chi connectivity index (χ1n) is 6.88. The number of carbonyl (C=O) groups excluding carboxylic acids is 1. The Morgan fingerprint density at radius 3 is 3.00 bits per heavy atom. The number of amides is 1. The quantitative estimate of drug-likeness (QED) is 0.852. The minimum Gasteiger partial charge on any atom is -0.398 e. The first-order valence-corrected chi connectivity index (χ1v) is 7.70. The van der Waals surface area contributed by atoms with E-state index in [1.54, 1.807) is 6.07 Å². The molecule has 1 heterocycles. The molecule has 0 bridgehead atoms. The predicted molar refractivity (Wildman–Crippen MR) is 83.1 cm³/mol. The van der Waals surface area contributed by atoms with Crippen LogP contribution in [0.4, 0.5) is 5.69 Å². The highest BCUT2D eigenvalue weighted by Crippen LogP contribution is 2.30. The Balaban J connectivity index is 1.68. The summed E-state index contributed by atoms with van der Waals surface area (Å²) in [7, 11) is 0. The van der Waals surface area contributed by atoms with Crippen molar-refractivity contribution in [2.24, 2.45) is 0 Å². The number of anilines is 1. The van der Waals surface area contributed by atoms with E-state index < -0.39 is 0 Å². The maximum Gasteiger partial charge on any atom is 0.253 e. The summed E-state index contributed by atoms with van der Waals surface area (Å²) in [6, 6.07) is 7.76. The van der Waals surface area contributed by atoms with E-state index in [9.17, 15) is 4.79 Å². The number of carbonyl (C=O) groups is 1. The van der Waals surface area contributed by atoms with Crippen molar-refractivity contribution in [3.8, 4) is 0 Å². The number of nitrogen functional groups attached to an aromatic ring is 1. The topological polar surface area (TPSA) is 55.1 Å². The molecule has 3 N–H and O–H groups in total. The number of hydrogen-bond donors (Lipinski definition) is 2. The molecule has 4 heteroatoms. The van der Waals surface area contributed by atoms with Crippen LogP contribution in [0.5, 0.6) is 0 Å². The van der Waals surface area contributed by atoms with Crippen molar-refractivity contribution in [3.05, 3.63) is 50.7 Å². The third-order valence-electron chi connectivity index (χ3n) is 3.67. The molecule has 0 unspecified atom stereocenters. The van der Waals surface area contributed by atoms with Gasteiger partial charge in [-0.05, 0) is 49.9 Å². The van der Waals surface area contributed by atoms with Gasteiger partial charge in [0.2, 0.25) is 0 Å². The van der Waals surface area contributed by atoms with E-state index in [0.29, 0.717) is 17.8 Å². The van der Waals surface area contributed by atoms with E-state index in [4.69, 9.17) is 5.73 Å². The Morgan fingerprint density at radius 1 is 1.35 bits per heavy atom. The first kappa shape index (κ1) is 13.2. The van der Waals surface area contributed by atoms with Gasteiger partial charge in [-0.15, -0.1) is 11.3 Å². The third kappa shape index (κ3) is 2.56. The van der Waals surface area contributed by atoms with Crippen molar-refractivity contribution in [1.29, 1.82) is 0 Å². The minimum absolute atomic E-state index is 0.0974. The number of nitrogens with two attached hydrogens (primary N) is 1. The lowest BCUT2D eigenvalue weighted by atomic mass is 10.1. The summed E-state index contributed by atoms with van der Waals surface area (Å²) < 4.78 is 0. The molecule has 3 rings (SSSR count). The van der Waals surface area contributed by atoms with Gasteiger partial charge >= 0.3 is 0 Å². The van der Waals surface area contributed by atoms with Gasteiger partial charge in [0.1, 0.15) is 0 Å². The van der Waals surface area contributed by atoms with Crippen LogP contribution in [0.15, 0.2) is 24.3 Å². The number of rotatable bonds is 3. The van der Waals surface area contributed by atoms with Crippen LogP contribution >= 0.6 is 11.3 Å². The smallest absolute Gasteiger partial charge is 0.253 e. The Bertz CT molecular complexity index is 639. The fourth-order valence-corrected chi connectivity index (χ4v) is 3.81.